The molecule has 1 N–H and O–H groups in total. The summed E-state index contributed by atoms with van der Waals surface area (Å²) in [7, 11) is 1.61. The van der Waals surface area contributed by atoms with Crippen molar-refractivity contribution in [3.05, 3.63) is 23.8 Å². The zero-order valence-electron chi connectivity index (χ0n) is 13.6. The number of piperidine rings is 1. The molecule has 0 bridgehead atoms. The Hall–Kier alpha value is -1.75. The Morgan fingerprint density at radius 1 is 1.36 bits per heavy atom. The van der Waals surface area contributed by atoms with Gasteiger partial charge in [-0.1, -0.05) is 6.07 Å². The van der Waals surface area contributed by atoms with E-state index in [-0.39, 0.29) is 18.7 Å². The maximum absolute atomic E-state index is 11.5. The van der Waals surface area contributed by atoms with Gasteiger partial charge in [0, 0.05) is 6.54 Å². The van der Waals surface area contributed by atoms with Crippen LogP contribution in [0, 0.1) is 0 Å². The third-order valence-electron chi connectivity index (χ3n) is 3.67. The van der Waals surface area contributed by atoms with Crippen molar-refractivity contribution in [2.75, 3.05) is 26.8 Å². The number of hydrogen-bond acceptors (Lipinski definition) is 5. The number of esters is 1. The van der Waals surface area contributed by atoms with Gasteiger partial charge in [-0.2, -0.15) is 0 Å². The fourth-order valence-corrected chi connectivity index (χ4v) is 2.63. The molecule has 22 heavy (non-hydrogen) atoms. The molecule has 1 unspecified atom stereocenters. The molecule has 1 saturated heterocycles. The van der Waals surface area contributed by atoms with Crippen LogP contribution in [0.5, 0.6) is 11.5 Å². The monoisotopic (exact) mass is 307 g/mol. The third kappa shape index (κ3) is 4.63. The van der Waals surface area contributed by atoms with E-state index in [1.165, 1.54) is 18.4 Å². The maximum atomic E-state index is 11.5. The highest BCUT2D eigenvalue weighted by Gasteiger charge is 2.17. The summed E-state index contributed by atoms with van der Waals surface area (Å²) < 4.78 is 16.0. The summed E-state index contributed by atoms with van der Waals surface area (Å²) >= 11 is 0. The minimum absolute atomic E-state index is 0.112. The molecule has 1 aromatic rings. The Labute approximate surface area is 131 Å². The van der Waals surface area contributed by atoms with Crippen LogP contribution in [-0.4, -0.2) is 38.9 Å². The molecule has 1 aliphatic rings. The molecule has 1 atom stereocenters. The summed E-state index contributed by atoms with van der Waals surface area (Å²) in [6, 6.07) is 5.91. The first-order valence-corrected chi connectivity index (χ1v) is 7.81. The number of carbonyl (C=O) groups is 1. The SMILES string of the molecule is COc1cc(C2CCCNC2)ccc1OCC(=O)OC(C)C. The Balaban J connectivity index is 2.01. The largest absolute Gasteiger partial charge is 0.493 e. The fourth-order valence-electron chi connectivity index (χ4n) is 2.63. The molecule has 1 heterocycles. The lowest BCUT2D eigenvalue weighted by Crippen LogP contribution is -2.28. The lowest BCUT2D eigenvalue weighted by Gasteiger charge is -2.24. The lowest BCUT2D eigenvalue weighted by atomic mass is 9.91. The van der Waals surface area contributed by atoms with E-state index in [1.54, 1.807) is 7.11 Å². The number of ether oxygens (including phenoxy) is 3. The van der Waals surface area contributed by atoms with Crippen LogP contribution in [0.15, 0.2) is 18.2 Å². The minimum atomic E-state index is -0.377. The summed E-state index contributed by atoms with van der Waals surface area (Å²) in [5, 5.41) is 3.41. The number of benzene rings is 1. The van der Waals surface area contributed by atoms with Crippen LogP contribution in [0.2, 0.25) is 0 Å². The van der Waals surface area contributed by atoms with E-state index >= 15 is 0 Å². The summed E-state index contributed by atoms with van der Waals surface area (Å²) in [4.78, 5) is 11.5. The summed E-state index contributed by atoms with van der Waals surface area (Å²) in [5.41, 5.74) is 1.24. The second-order valence-corrected chi connectivity index (χ2v) is 5.78. The number of carbonyl (C=O) groups excluding carboxylic acids is 1. The van der Waals surface area contributed by atoms with E-state index in [0.717, 1.165) is 13.1 Å². The van der Waals surface area contributed by atoms with Gasteiger partial charge in [-0.15, -0.1) is 0 Å². The molecule has 0 radical (unpaired) electrons. The van der Waals surface area contributed by atoms with Gasteiger partial charge in [0.25, 0.3) is 0 Å². The van der Waals surface area contributed by atoms with Crippen LogP contribution < -0.4 is 14.8 Å². The van der Waals surface area contributed by atoms with E-state index < -0.39 is 0 Å². The average molecular weight is 307 g/mol. The molecule has 0 amide bonds. The first-order valence-electron chi connectivity index (χ1n) is 7.81. The second kappa shape index (κ2) is 8.03. The van der Waals surface area contributed by atoms with Crippen molar-refractivity contribution in [2.45, 2.75) is 38.7 Å². The molecular formula is C17H25NO4. The van der Waals surface area contributed by atoms with Crippen LogP contribution in [0.1, 0.15) is 38.2 Å². The number of rotatable bonds is 6. The van der Waals surface area contributed by atoms with Gasteiger partial charge in [0.15, 0.2) is 18.1 Å². The van der Waals surface area contributed by atoms with Crippen LogP contribution in [0.3, 0.4) is 0 Å². The Morgan fingerprint density at radius 2 is 2.18 bits per heavy atom. The first-order chi connectivity index (χ1) is 10.6. The number of nitrogens with one attached hydrogen (secondary N) is 1. The molecule has 2 rings (SSSR count). The van der Waals surface area contributed by atoms with Gasteiger partial charge in [0.1, 0.15) is 0 Å². The van der Waals surface area contributed by atoms with E-state index in [4.69, 9.17) is 14.2 Å². The number of hydrogen-bond donors (Lipinski definition) is 1. The second-order valence-electron chi connectivity index (χ2n) is 5.78. The van der Waals surface area contributed by atoms with Gasteiger partial charge in [-0.05, 0) is 56.8 Å². The Kier molecular flexibility index (Phi) is 6.07. The quantitative estimate of drug-likeness (QED) is 0.818. The smallest absolute Gasteiger partial charge is 0.344 e. The van der Waals surface area contributed by atoms with Crippen molar-refractivity contribution in [1.29, 1.82) is 0 Å². The molecule has 1 fully saturated rings. The molecule has 0 saturated carbocycles. The van der Waals surface area contributed by atoms with Crippen molar-refractivity contribution >= 4 is 5.97 Å². The third-order valence-corrected chi connectivity index (χ3v) is 3.67. The van der Waals surface area contributed by atoms with Gasteiger partial charge in [0.05, 0.1) is 13.2 Å². The molecule has 122 valence electrons. The summed E-state index contributed by atoms with van der Waals surface area (Å²) in [6.45, 7) is 5.59. The zero-order valence-corrected chi connectivity index (χ0v) is 13.6. The Morgan fingerprint density at radius 3 is 2.82 bits per heavy atom. The van der Waals surface area contributed by atoms with Gasteiger partial charge in [-0.3, -0.25) is 0 Å². The highest BCUT2D eigenvalue weighted by molar-refractivity contribution is 5.71. The van der Waals surface area contributed by atoms with E-state index in [1.807, 2.05) is 32.0 Å². The van der Waals surface area contributed by atoms with E-state index in [2.05, 4.69) is 5.32 Å². The normalized spacial score (nSPS) is 18.1. The molecule has 1 aliphatic heterocycles. The summed E-state index contributed by atoms with van der Waals surface area (Å²) in [5.74, 6) is 1.34. The maximum Gasteiger partial charge on any atom is 0.344 e. The molecule has 0 aliphatic carbocycles. The van der Waals surface area contributed by atoms with Gasteiger partial charge in [0.2, 0.25) is 0 Å². The topological polar surface area (TPSA) is 56.8 Å². The van der Waals surface area contributed by atoms with Crippen molar-refractivity contribution in [3.8, 4) is 11.5 Å². The molecule has 5 heteroatoms. The van der Waals surface area contributed by atoms with Crippen molar-refractivity contribution in [2.24, 2.45) is 0 Å². The lowest BCUT2D eigenvalue weighted by molar-refractivity contribution is -0.149. The molecule has 5 nitrogen and oxygen atoms in total. The standard InChI is InChI=1S/C17H25NO4/c1-12(2)22-17(19)11-21-15-7-6-13(9-16(15)20-3)14-5-4-8-18-10-14/h6-7,9,12,14,18H,4-5,8,10-11H2,1-3H3. The highest BCUT2D eigenvalue weighted by atomic mass is 16.6. The zero-order chi connectivity index (χ0) is 15.9. The molecule has 0 spiro atoms. The Bertz CT molecular complexity index is 495. The van der Waals surface area contributed by atoms with Crippen LogP contribution in [-0.2, 0) is 9.53 Å². The predicted octanol–water partition coefficient (Wildman–Crippen LogP) is 2.49. The van der Waals surface area contributed by atoms with Crippen LogP contribution in [0.4, 0.5) is 0 Å². The fraction of sp³-hybridized carbons (Fsp3) is 0.588. The van der Waals surface area contributed by atoms with Gasteiger partial charge >= 0.3 is 5.97 Å². The van der Waals surface area contributed by atoms with Crippen LogP contribution in [0.25, 0.3) is 0 Å². The molecular weight excluding hydrogens is 282 g/mol. The van der Waals surface area contributed by atoms with E-state index in [9.17, 15) is 4.79 Å². The van der Waals surface area contributed by atoms with E-state index in [0.29, 0.717) is 17.4 Å². The van der Waals surface area contributed by atoms with Crippen molar-refractivity contribution in [1.82, 2.24) is 5.32 Å². The number of methoxy groups -OCH3 is 1. The average Bonchev–Trinajstić information content (AvgIpc) is 2.53. The van der Waals surface area contributed by atoms with Gasteiger partial charge < -0.3 is 19.5 Å². The van der Waals surface area contributed by atoms with Gasteiger partial charge in [-0.25, -0.2) is 4.79 Å². The molecule has 0 aromatic heterocycles. The van der Waals surface area contributed by atoms with Crippen LogP contribution >= 0.6 is 0 Å². The minimum Gasteiger partial charge on any atom is -0.493 e. The van der Waals surface area contributed by atoms with Crippen molar-refractivity contribution in [3.63, 3.8) is 0 Å². The predicted molar refractivity (Wildman–Crippen MR) is 84.6 cm³/mol. The first kappa shape index (κ1) is 16.6. The molecule has 1 aromatic carbocycles. The highest BCUT2D eigenvalue weighted by Crippen LogP contribution is 2.33. The van der Waals surface area contributed by atoms with Crippen molar-refractivity contribution < 1.29 is 19.0 Å². The summed E-state index contributed by atoms with van der Waals surface area (Å²) in [6.07, 6.45) is 2.22.